The monoisotopic (exact) mass is 247 g/mol. The molecule has 0 heterocycles. The molecule has 1 rings (SSSR count). The first kappa shape index (κ1) is 15.2. The highest BCUT2D eigenvalue weighted by atomic mass is 14.9. The predicted octanol–water partition coefficient (Wildman–Crippen LogP) is 4.42. The third kappa shape index (κ3) is 6.80. The highest BCUT2D eigenvalue weighted by molar-refractivity contribution is 5.14. The van der Waals surface area contributed by atoms with E-state index in [2.05, 4.69) is 56.4 Å². The van der Waals surface area contributed by atoms with Crippen LogP contribution >= 0.6 is 0 Å². The molecule has 0 saturated heterocycles. The van der Waals surface area contributed by atoms with Gasteiger partial charge in [-0.05, 0) is 50.1 Å². The van der Waals surface area contributed by atoms with Gasteiger partial charge in [-0.1, -0.05) is 51.1 Å². The van der Waals surface area contributed by atoms with Crippen molar-refractivity contribution in [2.45, 2.75) is 58.9 Å². The van der Waals surface area contributed by atoms with E-state index in [0.29, 0.717) is 6.04 Å². The minimum Gasteiger partial charge on any atom is -0.314 e. The number of aryl methyl sites for hydroxylation is 1. The summed E-state index contributed by atoms with van der Waals surface area (Å²) >= 11 is 0. The van der Waals surface area contributed by atoms with Gasteiger partial charge in [0, 0.05) is 6.04 Å². The second-order valence-electron chi connectivity index (χ2n) is 5.66. The van der Waals surface area contributed by atoms with Crippen LogP contribution in [-0.2, 0) is 6.42 Å². The van der Waals surface area contributed by atoms with E-state index in [9.17, 15) is 0 Å². The lowest BCUT2D eigenvalue weighted by atomic mass is 9.97. The lowest BCUT2D eigenvalue weighted by molar-refractivity contribution is 0.391. The van der Waals surface area contributed by atoms with Gasteiger partial charge in [0.05, 0.1) is 0 Å². The first-order valence-corrected chi connectivity index (χ1v) is 7.49. The van der Waals surface area contributed by atoms with Gasteiger partial charge in [0.2, 0.25) is 0 Å². The van der Waals surface area contributed by atoms with Crippen molar-refractivity contribution in [1.29, 1.82) is 0 Å². The molecule has 18 heavy (non-hydrogen) atoms. The zero-order valence-electron chi connectivity index (χ0n) is 12.3. The van der Waals surface area contributed by atoms with Crippen LogP contribution < -0.4 is 5.32 Å². The number of benzene rings is 1. The highest BCUT2D eigenvalue weighted by Gasteiger charge is 2.09. The molecule has 0 saturated carbocycles. The van der Waals surface area contributed by atoms with Crippen LogP contribution in [0.15, 0.2) is 30.3 Å². The first-order valence-electron chi connectivity index (χ1n) is 7.49. The topological polar surface area (TPSA) is 12.0 Å². The Labute approximate surface area is 113 Å². The molecule has 0 aromatic heterocycles. The molecule has 0 radical (unpaired) electrons. The molecule has 0 aliphatic rings. The van der Waals surface area contributed by atoms with Crippen molar-refractivity contribution in [1.82, 2.24) is 5.32 Å². The zero-order chi connectivity index (χ0) is 13.2. The molecule has 0 spiro atoms. The van der Waals surface area contributed by atoms with Crippen molar-refractivity contribution >= 4 is 0 Å². The summed E-state index contributed by atoms with van der Waals surface area (Å²) in [4.78, 5) is 0. The molecule has 102 valence electrons. The molecule has 1 aromatic rings. The fraction of sp³-hybridized carbons (Fsp3) is 0.647. The van der Waals surface area contributed by atoms with E-state index in [-0.39, 0.29) is 0 Å². The van der Waals surface area contributed by atoms with Crippen LogP contribution in [0.5, 0.6) is 0 Å². The van der Waals surface area contributed by atoms with Crippen molar-refractivity contribution in [2.24, 2.45) is 5.92 Å². The summed E-state index contributed by atoms with van der Waals surface area (Å²) in [5.41, 5.74) is 1.47. The standard InChI is InChI=1S/C17H29N/c1-4-13-18-17(14-15(2)3)12-8-11-16-9-6-5-7-10-16/h5-7,9-10,15,17-18H,4,8,11-14H2,1-3H3. The van der Waals surface area contributed by atoms with E-state index in [0.717, 1.165) is 12.5 Å². The minimum atomic E-state index is 0.702. The Bertz CT molecular complexity index is 292. The van der Waals surface area contributed by atoms with Gasteiger partial charge in [0.15, 0.2) is 0 Å². The third-order valence-corrected chi connectivity index (χ3v) is 3.30. The Balaban J connectivity index is 2.27. The molecule has 1 N–H and O–H groups in total. The number of hydrogen-bond acceptors (Lipinski definition) is 1. The molecule has 0 aliphatic heterocycles. The van der Waals surface area contributed by atoms with E-state index in [4.69, 9.17) is 0 Å². The Kier molecular flexibility index (Phi) is 7.75. The summed E-state index contributed by atoms with van der Waals surface area (Å²) < 4.78 is 0. The molecule has 1 unspecified atom stereocenters. The fourth-order valence-corrected chi connectivity index (χ4v) is 2.42. The van der Waals surface area contributed by atoms with Crippen LogP contribution in [0.3, 0.4) is 0 Å². The van der Waals surface area contributed by atoms with Gasteiger partial charge in [0.1, 0.15) is 0 Å². The number of hydrogen-bond donors (Lipinski definition) is 1. The van der Waals surface area contributed by atoms with Crippen molar-refractivity contribution in [3.05, 3.63) is 35.9 Å². The van der Waals surface area contributed by atoms with Gasteiger partial charge in [-0.15, -0.1) is 0 Å². The van der Waals surface area contributed by atoms with Crippen LogP contribution in [0.2, 0.25) is 0 Å². The number of nitrogens with one attached hydrogen (secondary N) is 1. The lowest BCUT2D eigenvalue weighted by Crippen LogP contribution is -2.31. The summed E-state index contributed by atoms with van der Waals surface area (Å²) in [5, 5.41) is 3.69. The molecule has 0 fully saturated rings. The maximum atomic E-state index is 3.69. The molecular weight excluding hydrogens is 218 g/mol. The maximum Gasteiger partial charge on any atom is 0.00696 e. The van der Waals surface area contributed by atoms with Crippen molar-refractivity contribution in [3.63, 3.8) is 0 Å². The quantitative estimate of drug-likeness (QED) is 0.681. The highest BCUT2D eigenvalue weighted by Crippen LogP contribution is 2.12. The normalized spacial score (nSPS) is 12.9. The van der Waals surface area contributed by atoms with Crippen LogP contribution in [-0.4, -0.2) is 12.6 Å². The van der Waals surface area contributed by atoms with Crippen molar-refractivity contribution in [3.8, 4) is 0 Å². The average molecular weight is 247 g/mol. The van der Waals surface area contributed by atoms with E-state index in [1.807, 2.05) is 0 Å². The molecular formula is C17H29N. The predicted molar refractivity (Wildman–Crippen MR) is 80.9 cm³/mol. The van der Waals surface area contributed by atoms with Gasteiger partial charge in [-0.25, -0.2) is 0 Å². The third-order valence-electron chi connectivity index (χ3n) is 3.30. The first-order chi connectivity index (χ1) is 8.72. The van der Waals surface area contributed by atoms with E-state index < -0.39 is 0 Å². The summed E-state index contributed by atoms with van der Waals surface area (Å²) in [7, 11) is 0. The summed E-state index contributed by atoms with van der Waals surface area (Å²) in [6, 6.07) is 11.5. The zero-order valence-corrected chi connectivity index (χ0v) is 12.3. The van der Waals surface area contributed by atoms with Gasteiger partial charge < -0.3 is 5.32 Å². The molecule has 1 heteroatoms. The Hall–Kier alpha value is -0.820. The molecule has 1 atom stereocenters. The Morgan fingerprint density at radius 1 is 1.11 bits per heavy atom. The maximum absolute atomic E-state index is 3.69. The van der Waals surface area contributed by atoms with Crippen LogP contribution in [0.25, 0.3) is 0 Å². The summed E-state index contributed by atoms with van der Waals surface area (Å²) in [5.74, 6) is 0.788. The van der Waals surface area contributed by atoms with Crippen LogP contribution in [0, 0.1) is 5.92 Å². The van der Waals surface area contributed by atoms with E-state index in [1.54, 1.807) is 0 Å². The minimum absolute atomic E-state index is 0.702. The lowest BCUT2D eigenvalue weighted by Gasteiger charge is -2.20. The molecule has 0 aliphatic carbocycles. The molecule has 0 bridgehead atoms. The summed E-state index contributed by atoms with van der Waals surface area (Å²) in [6.45, 7) is 8.03. The summed E-state index contributed by atoms with van der Waals surface area (Å²) in [6.07, 6.45) is 6.33. The molecule has 0 amide bonds. The van der Waals surface area contributed by atoms with Gasteiger partial charge in [-0.3, -0.25) is 0 Å². The van der Waals surface area contributed by atoms with Gasteiger partial charge in [0.25, 0.3) is 0 Å². The number of rotatable bonds is 9. The van der Waals surface area contributed by atoms with E-state index >= 15 is 0 Å². The Morgan fingerprint density at radius 2 is 1.83 bits per heavy atom. The van der Waals surface area contributed by atoms with Crippen molar-refractivity contribution < 1.29 is 0 Å². The average Bonchev–Trinajstić information content (AvgIpc) is 2.36. The fourth-order valence-electron chi connectivity index (χ4n) is 2.42. The second kappa shape index (κ2) is 9.16. The van der Waals surface area contributed by atoms with Gasteiger partial charge in [-0.2, -0.15) is 0 Å². The smallest absolute Gasteiger partial charge is 0.00696 e. The van der Waals surface area contributed by atoms with E-state index in [1.165, 1.54) is 37.7 Å². The second-order valence-corrected chi connectivity index (χ2v) is 5.66. The van der Waals surface area contributed by atoms with Crippen molar-refractivity contribution in [2.75, 3.05) is 6.54 Å². The Morgan fingerprint density at radius 3 is 2.44 bits per heavy atom. The molecule has 1 nitrogen and oxygen atoms in total. The van der Waals surface area contributed by atoms with Crippen LogP contribution in [0.1, 0.15) is 52.0 Å². The van der Waals surface area contributed by atoms with Gasteiger partial charge >= 0.3 is 0 Å². The largest absolute Gasteiger partial charge is 0.314 e. The molecule has 1 aromatic carbocycles. The van der Waals surface area contributed by atoms with Crippen LogP contribution in [0.4, 0.5) is 0 Å². The SMILES string of the molecule is CCCNC(CCCc1ccccc1)CC(C)C.